The standard InChI is InChI=1S/C14H10N4O2S/c15-14-13-12(16-8-17-14)10(7-21-13)4-1-9-2-5-11(6-3-9)18(19)20/h1-8H,(H2,15,16,17)/b4-1+. The molecule has 6 nitrogen and oxygen atoms in total. The predicted octanol–water partition coefficient (Wildman–Crippen LogP) is 3.35. The molecule has 7 heteroatoms. The van der Waals surface area contributed by atoms with Crippen molar-refractivity contribution in [1.82, 2.24) is 9.97 Å². The van der Waals surface area contributed by atoms with E-state index < -0.39 is 4.92 Å². The molecule has 0 unspecified atom stereocenters. The third-order valence-corrected chi connectivity index (χ3v) is 3.98. The Hall–Kier alpha value is -2.80. The van der Waals surface area contributed by atoms with Crippen LogP contribution in [0.5, 0.6) is 0 Å². The molecule has 0 amide bonds. The van der Waals surface area contributed by atoms with E-state index in [0.29, 0.717) is 5.82 Å². The van der Waals surface area contributed by atoms with E-state index in [2.05, 4.69) is 9.97 Å². The lowest BCUT2D eigenvalue weighted by Gasteiger charge is -1.95. The zero-order valence-electron chi connectivity index (χ0n) is 10.8. The minimum absolute atomic E-state index is 0.0775. The molecule has 0 radical (unpaired) electrons. The molecule has 0 saturated carbocycles. The Kier molecular flexibility index (Phi) is 3.33. The average Bonchev–Trinajstić information content (AvgIpc) is 2.90. The molecule has 0 saturated heterocycles. The largest absolute Gasteiger partial charge is 0.382 e. The van der Waals surface area contributed by atoms with Crippen LogP contribution in [0, 0.1) is 10.1 Å². The van der Waals surface area contributed by atoms with E-state index in [1.165, 1.54) is 29.8 Å². The van der Waals surface area contributed by atoms with Gasteiger partial charge in [-0.05, 0) is 17.7 Å². The molecule has 0 bridgehead atoms. The first-order valence-corrected chi connectivity index (χ1v) is 6.93. The number of nitro benzene ring substituents is 1. The number of thiophene rings is 1. The molecule has 21 heavy (non-hydrogen) atoms. The fourth-order valence-electron chi connectivity index (χ4n) is 1.90. The van der Waals surface area contributed by atoms with Crippen LogP contribution in [0.15, 0.2) is 36.0 Å². The summed E-state index contributed by atoms with van der Waals surface area (Å²) in [5, 5.41) is 12.6. The van der Waals surface area contributed by atoms with E-state index in [-0.39, 0.29) is 5.69 Å². The fourth-order valence-corrected chi connectivity index (χ4v) is 2.79. The molecule has 104 valence electrons. The maximum atomic E-state index is 10.6. The van der Waals surface area contributed by atoms with Crippen LogP contribution in [0.2, 0.25) is 0 Å². The van der Waals surface area contributed by atoms with E-state index in [1.807, 2.05) is 17.5 Å². The van der Waals surface area contributed by atoms with Crippen LogP contribution in [0.4, 0.5) is 11.5 Å². The second-order valence-electron chi connectivity index (χ2n) is 4.31. The highest BCUT2D eigenvalue weighted by Gasteiger charge is 2.06. The SMILES string of the molecule is Nc1ncnc2c(/C=C/c3ccc([N+](=O)[O-])cc3)csc12. The Morgan fingerprint density at radius 3 is 2.67 bits per heavy atom. The molecule has 2 aromatic heterocycles. The van der Waals surface area contributed by atoms with Crippen LogP contribution in [0.25, 0.3) is 22.4 Å². The van der Waals surface area contributed by atoms with Gasteiger partial charge in [0.2, 0.25) is 0 Å². The van der Waals surface area contributed by atoms with Crippen molar-refractivity contribution in [3.05, 3.63) is 57.2 Å². The summed E-state index contributed by atoms with van der Waals surface area (Å²) in [6, 6.07) is 6.36. The number of nitrogens with zero attached hydrogens (tertiary/aromatic N) is 3. The number of benzene rings is 1. The number of rotatable bonds is 3. The first kappa shape index (κ1) is 13.2. The average molecular weight is 298 g/mol. The number of hydrogen-bond acceptors (Lipinski definition) is 6. The Balaban J connectivity index is 1.91. The van der Waals surface area contributed by atoms with Gasteiger partial charge in [0.1, 0.15) is 12.1 Å². The Labute approximate surface area is 123 Å². The van der Waals surface area contributed by atoms with Gasteiger partial charge in [-0.3, -0.25) is 10.1 Å². The quantitative estimate of drug-likeness (QED) is 0.591. The van der Waals surface area contributed by atoms with Crippen molar-refractivity contribution >= 4 is 45.2 Å². The Morgan fingerprint density at radius 2 is 1.95 bits per heavy atom. The summed E-state index contributed by atoms with van der Waals surface area (Å²) in [5.41, 5.74) is 8.50. The van der Waals surface area contributed by atoms with Gasteiger partial charge in [0.05, 0.1) is 15.1 Å². The molecule has 3 aromatic rings. The van der Waals surface area contributed by atoms with Crippen molar-refractivity contribution in [3.8, 4) is 0 Å². The van der Waals surface area contributed by atoms with Gasteiger partial charge in [0.15, 0.2) is 0 Å². The summed E-state index contributed by atoms with van der Waals surface area (Å²) in [7, 11) is 0. The van der Waals surface area contributed by atoms with E-state index >= 15 is 0 Å². The topological polar surface area (TPSA) is 94.9 Å². The summed E-state index contributed by atoms with van der Waals surface area (Å²) < 4.78 is 0.862. The van der Waals surface area contributed by atoms with Crippen LogP contribution >= 0.6 is 11.3 Å². The first-order valence-electron chi connectivity index (χ1n) is 6.05. The summed E-state index contributed by atoms with van der Waals surface area (Å²) in [5.74, 6) is 0.472. The van der Waals surface area contributed by atoms with E-state index in [4.69, 9.17) is 5.73 Å². The number of nitrogen functional groups attached to an aromatic ring is 1. The fraction of sp³-hybridized carbons (Fsp3) is 0. The molecule has 0 fully saturated rings. The van der Waals surface area contributed by atoms with Crippen LogP contribution in [0.3, 0.4) is 0 Å². The highest BCUT2D eigenvalue weighted by atomic mass is 32.1. The van der Waals surface area contributed by atoms with Gasteiger partial charge < -0.3 is 5.73 Å². The van der Waals surface area contributed by atoms with Crippen molar-refractivity contribution in [2.75, 3.05) is 5.73 Å². The number of fused-ring (bicyclic) bond motifs is 1. The number of aromatic nitrogens is 2. The molecule has 0 atom stereocenters. The van der Waals surface area contributed by atoms with E-state index in [9.17, 15) is 10.1 Å². The van der Waals surface area contributed by atoms with Crippen molar-refractivity contribution in [2.45, 2.75) is 0 Å². The second-order valence-corrected chi connectivity index (χ2v) is 5.19. The van der Waals surface area contributed by atoms with Gasteiger partial charge >= 0.3 is 0 Å². The monoisotopic (exact) mass is 298 g/mol. The van der Waals surface area contributed by atoms with E-state index in [0.717, 1.165) is 21.3 Å². The maximum Gasteiger partial charge on any atom is 0.269 e. The van der Waals surface area contributed by atoms with Gasteiger partial charge in [-0.25, -0.2) is 9.97 Å². The summed E-state index contributed by atoms with van der Waals surface area (Å²) in [6.45, 7) is 0. The Morgan fingerprint density at radius 1 is 1.19 bits per heavy atom. The minimum atomic E-state index is -0.417. The van der Waals surface area contributed by atoms with Gasteiger partial charge in [0, 0.05) is 23.1 Å². The Bertz CT molecular complexity index is 840. The molecule has 0 aliphatic rings. The van der Waals surface area contributed by atoms with Crippen molar-refractivity contribution in [1.29, 1.82) is 0 Å². The van der Waals surface area contributed by atoms with Gasteiger partial charge in [0.25, 0.3) is 5.69 Å². The lowest BCUT2D eigenvalue weighted by atomic mass is 10.1. The zero-order chi connectivity index (χ0) is 14.8. The second kappa shape index (κ2) is 5.29. The van der Waals surface area contributed by atoms with Crippen molar-refractivity contribution < 1.29 is 4.92 Å². The van der Waals surface area contributed by atoms with Crippen LogP contribution in [-0.4, -0.2) is 14.9 Å². The van der Waals surface area contributed by atoms with Crippen molar-refractivity contribution in [3.63, 3.8) is 0 Å². The summed E-state index contributed by atoms with van der Waals surface area (Å²) in [6.07, 6.45) is 5.23. The van der Waals surface area contributed by atoms with Crippen LogP contribution in [-0.2, 0) is 0 Å². The highest BCUT2D eigenvalue weighted by Crippen LogP contribution is 2.28. The van der Waals surface area contributed by atoms with E-state index in [1.54, 1.807) is 12.1 Å². The zero-order valence-corrected chi connectivity index (χ0v) is 11.6. The third-order valence-electron chi connectivity index (χ3n) is 2.97. The number of anilines is 1. The van der Waals surface area contributed by atoms with Crippen LogP contribution < -0.4 is 5.73 Å². The first-order chi connectivity index (χ1) is 10.1. The third kappa shape index (κ3) is 2.59. The normalized spacial score (nSPS) is 11.2. The number of nitro groups is 1. The lowest BCUT2D eigenvalue weighted by molar-refractivity contribution is -0.384. The smallest absolute Gasteiger partial charge is 0.269 e. The van der Waals surface area contributed by atoms with Gasteiger partial charge in [-0.1, -0.05) is 12.2 Å². The number of hydrogen-bond donors (Lipinski definition) is 1. The molecule has 2 heterocycles. The molecule has 3 rings (SSSR count). The highest BCUT2D eigenvalue weighted by molar-refractivity contribution is 7.18. The van der Waals surface area contributed by atoms with Gasteiger partial charge in [-0.2, -0.15) is 0 Å². The number of non-ortho nitro benzene ring substituents is 1. The summed E-state index contributed by atoms with van der Waals surface area (Å²) in [4.78, 5) is 18.4. The lowest BCUT2D eigenvalue weighted by Crippen LogP contribution is -1.90. The molecule has 0 aliphatic heterocycles. The molecular weight excluding hydrogens is 288 g/mol. The summed E-state index contributed by atoms with van der Waals surface area (Å²) >= 11 is 1.49. The van der Waals surface area contributed by atoms with Gasteiger partial charge in [-0.15, -0.1) is 11.3 Å². The molecule has 0 spiro atoms. The van der Waals surface area contributed by atoms with Crippen molar-refractivity contribution in [2.24, 2.45) is 0 Å². The molecule has 2 N–H and O–H groups in total. The van der Waals surface area contributed by atoms with Crippen LogP contribution in [0.1, 0.15) is 11.1 Å². The molecular formula is C14H10N4O2S. The molecule has 1 aromatic carbocycles. The predicted molar refractivity (Wildman–Crippen MR) is 83.9 cm³/mol. The minimum Gasteiger partial charge on any atom is -0.382 e. The molecule has 0 aliphatic carbocycles. The maximum absolute atomic E-state index is 10.6. The number of nitrogens with two attached hydrogens (primary N) is 1.